The minimum Gasteiger partial charge on any atom is -0.381 e. The van der Waals surface area contributed by atoms with Crippen LogP contribution in [-0.4, -0.2) is 49.3 Å². The molecule has 0 bridgehead atoms. The first-order valence-electron chi connectivity index (χ1n) is 8.84. The van der Waals surface area contributed by atoms with Crippen molar-refractivity contribution in [2.24, 2.45) is 5.92 Å². The van der Waals surface area contributed by atoms with Gasteiger partial charge in [0.15, 0.2) is 0 Å². The highest BCUT2D eigenvalue weighted by atomic mass is 16.5. The van der Waals surface area contributed by atoms with Crippen LogP contribution in [0.3, 0.4) is 0 Å². The van der Waals surface area contributed by atoms with E-state index in [9.17, 15) is 0 Å². The van der Waals surface area contributed by atoms with Crippen molar-refractivity contribution in [3.8, 4) is 0 Å². The third kappa shape index (κ3) is 3.20. The van der Waals surface area contributed by atoms with Crippen LogP contribution in [0.1, 0.15) is 59.3 Å². The third-order valence-corrected chi connectivity index (χ3v) is 5.59. The number of likely N-dealkylation sites (tertiary alicyclic amines) is 1. The summed E-state index contributed by atoms with van der Waals surface area (Å²) in [5.41, 5.74) is 0.337. The number of ether oxygens (including phenoxy) is 1. The normalized spacial score (nSPS) is 26.2. The molecule has 2 rings (SSSR count). The summed E-state index contributed by atoms with van der Waals surface area (Å²) >= 11 is 0. The molecule has 2 aliphatic heterocycles. The summed E-state index contributed by atoms with van der Waals surface area (Å²) in [5.74, 6) is 0.696. The van der Waals surface area contributed by atoms with Gasteiger partial charge in [-0.05, 0) is 58.2 Å². The SMILES string of the molecule is CCCNC(C1CCOC1)C(CC)(CC)N1CCCC1. The van der Waals surface area contributed by atoms with Crippen LogP contribution in [-0.2, 0) is 4.74 Å². The largest absolute Gasteiger partial charge is 0.381 e. The van der Waals surface area contributed by atoms with Gasteiger partial charge in [-0.2, -0.15) is 0 Å². The monoisotopic (exact) mass is 282 g/mol. The highest BCUT2D eigenvalue weighted by Gasteiger charge is 2.45. The lowest BCUT2D eigenvalue weighted by Gasteiger charge is -2.49. The molecule has 1 N–H and O–H groups in total. The minimum absolute atomic E-state index is 0.337. The van der Waals surface area contributed by atoms with Crippen LogP contribution < -0.4 is 5.32 Å². The molecule has 3 heteroatoms. The molecule has 2 aliphatic rings. The fourth-order valence-electron chi connectivity index (χ4n) is 4.41. The van der Waals surface area contributed by atoms with Gasteiger partial charge in [-0.3, -0.25) is 4.90 Å². The van der Waals surface area contributed by atoms with Crippen molar-refractivity contribution in [3.63, 3.8) is 0 Å². The van der Waals surface area contributed by atoms with E-state index >= 15 is 0 Å². The van der Waals surface area contributed by atoms with Gasteiger partial charge in [0.05, 0.1) is 6.61 Å². The molecule has 2 fully saturated rings. The average molecular weight is 282 g/mol. The number of nitrogens with one attached hydrogen (secondary N) is 1. The Hall–Kier alpha value is -0.120. The summed E-state index contributed by atoms with van der Waals surface area (Å²) in [6.07, 6.45) is 7.71. The molecule has 0 aromatic heterocycles. The first-order chi connectivity index (χ1) is 9.78. The zero-order valence-corrected chi connectivity index (χ0v) is 13.8. The maximum Gasteiger partial charge on any atom is 0.0510 e. The van der Waals surface area contributed by atoms with Crippen LogP contribution in [0, 0.1) is 5.92 Å². The molecule has 0 saturated carbocycles. The van der Waals surface area contributed by atoms with Gasteiger partial charge < -0.3 is 10.1 Å². The molecule has 0 aromatic carbocycles. The highest BCUT2D eigenvalue weighted by molar-refractivity contribution is 5.03. The molecular formula is C17H34N2O. The molecule has 0 amide bonds. The first kappa shape index (κ1) is 16.3. The number of hydrogen-bond acceptors (Lipinski definition) is 3. The molecule has 20 heavy (non-hydrogen) atoms. The van der Waals surface area contributed by atoms with Gasteiger partial charge in [0.2, 0.25) is 0 Å². The van der Waals surface area contributed by atoms with Gasteiger partial charge >= 0.3 is 0 Å². The van der Waals surface area contributed by atoms with Gasteiger partial charge in [0.25, 0.3) is 0 Å². The molecule has 0 spiro atoms. The molecule has 118 valence electrons. The van der Waals surface area contributed by atoms with E-state index in [0.29, 0.717) is 17.5 Å². The molecule has 2 unspecified atom stereocenters. The van der Waals surface area contributed by atoms with Crippen molar-refractivity contribution in [3.05, 3.63) is 0 Å². The molecule has 2 atom stereocenters. The molecule has 0 aliphatic carbocycles. The Bertz CT molecular complexity index is 266. The van der Waals surface area contributed by atoms with E-state index in [0.717, 1.165) is 19.8 Å². The zero-order chi connectivity index (χ0) is 14.4. The summed E-state index contributed by atoms with van der Waals surface area (Å²) < 4.78 is 5.71. The third-order valence-electron chi connectivity index (χ3n) is 5.59. The molecule has 3 nitrogen and oxygen atoms in total. The quantitative estimate of drug-likeness (QED) is 0.740. The lowest BCUT2D eigenvalue weighted by molar-refractivity contribution is 0.0337. The maximum atomic E-state index is 5.71. The second-order valence-corrected chi connectivity index (χ2v) is 6.56. The van der Waals surface area contributed by atoms with Crippen molar-refractivity contribution in [1.29, 1.82) is 0 Å². The van der Waals surface area contributed by atoms with Gasteiger partial charge in [0, 0.05) is 24.1 Å². The minimum atomic E-state index is 0.337. The first-order valence-corrected chi connectivity index (χ1v) is 8.84. The van der Waals surface area contributed by atoms with Crippen LogP contribution in [0.15, 0.2) is 0 Å². The molecule has 0 aromatic rings. The van der Waals surface area contributed by atoms with Crippen LogP contribution in [0.4, 0.5) is 0 Å². The van der Waals surface area contributed by atoms with E-state index in [1.807, 2.05) is 0 Å². The zero-order valence-electron chi connectivity index (χ0n) is 13.8. The standard InChI is InChI=1S/C17H34N2O/c1-4-10-18-16(15-9-13-20-14-15)17(5-2,6-3)19-11-7-8-12-19/h15-16,18H,4-14H2,1-3H3. The Kier molecular flexibility index (Phi) is 6.31. The summed E-state index contributed by atoms with van der Waals surface area (Å²) in [6.45, 7) is 12.7. The Labute approximate surface area is 125 Å². The van der Waals surface area contributed by atoms with Crippen LogP contribution >= 0.6 is 0 Å². The summed E-state index contributed by atoms with van der Waals surface area (Å²) in [4.78, 5) is 2.79. The summed E-state index contributed by atoms with van der Waals surface area (Å²) in [5, 5.41) is 3.91. The van der Waals surface area contributed by atoms with E-state index in [1.165, 1.54) is 51.6 Å². The Balaban J connectivity index is 2.19. The molecular weight excluding hydrogens is 248 g/mol. The predicted octanol–water partition coefficient (Wildman–Crippen LogP) is 3.05. The van der Waals surface area contributed by atoms with Gasteiger partial charge in [-0.25, -0.2) is 0 Å². The van der Waals surface area contributed by atoms with E-state index in [-0.39, 0.29) is 0 Å². The topological polar surface area (TPSA) is 24.5 Å². The highest BCUT2D eigenvalue weighted by Crippen LogP contribution is 2.36. The molecule has 2 saturated heterocycles. The Morgan fingerprint density at radius 1 is 1.20 bits per heavy atom. The lowest BCUT2D eigenvalue weighted by atomic mass is 9.76. The smallest absolute Gasteiger partial charge is 0.0510 e. The second kappa shape index (κ2) is 7.77. The van der Waals surface area contributed by atoms with Crippen LogP contribution in [0.2, 0.25) is 0 Å². The van der Waals surface area contributed by atoms with Crippen molar-refractivity contribution >= 4 is 0 Å². The lowest BCUT2D eigenvalue weighted by Crippen LogP contribution is -2.63. The maximum absolute atomic E-state index is 5.71. The number of nitrogens with zero attached hydrogens (tertiary/aromatic N) is 1. The van der Waals surface area contributed by atoms with E-state index in [4.69, 9.17) is 4.74 Å². The van der Waals surface area contributed by atoms with E-state index in [2.05, 4.69) is 31.0 Å². The van der Waals surface area contributed by atoms with Gasteiger partial charge in [0.1, 0.15) is 0 Å². The fourth-order valence-corrected chi connectivity index (χ4v) is 4.41. The van der Waals surface area contributed by atoms with Crippen LogP contribution in [0.5, 0.6) is 0 Å². The molecule has 0 radical (unpaired) electrons. The Morgan fingerprint density at radius 3 is 2.40 bits per heavy atom. The van der Waals surface area contributed by atoms with Crippen molar-refractivity contribution in [2.75, 3.05) is 32.8 Å². The van der Waals surface area contributed by atoms with Crippen LogP contribution in [0.25, 0.3) is 0 Å². The van der Waals surface area contributed by atoms with Crippen molar-refractivity contribution in [2.45, 2.75) is 70.9 Å². The van der Waals surface area contributed by atoms with Crippen molar-refractivity contribution in [1.82, 2.24) is 10.2 Å². The summed E-state index contributed by atoms with van der Waals surface area (Å²) in [6, 6.07) is 0.595. The van der Waals surface area contributed by atoms with E-state index < -0.39 is 0 Å². The number of hydrogen-bond donors (Lipinski definition) is 1. The Morgan fingerprint density at radius 2 is 1.90 bits per heavy atom. The second-order valence-electron chi connectivity index (χ2n) is 6.56. The van der Waals surface area contributed by atoms with Gasteiger partial charge in [-0.1, -0.05) is 20.8 Å². The fraction of sp³-hybridized carbons (Fsp3) is 1.00. The van der Waals surface area contributed by atoms with Crippen molar-refractivity contribution < 1.29 is 4.74 Å². The summed E-state index contributed by atoms with van der Waals surface area (Å²) in [7, 11) is 0. The average Bonchev–Trinajstić information content (AvgIpc) is 3.16. The van der Waals surface area contributed by atoms with E-state index in [1.54, 1.807) is 0 Å². The number of rotatable bonds is 8. The predicted molar refractivity (Wildman–Crippen MR) is 85.1 cm³/mol. The molecule has 2 heterocycles. The van der Waals surface area contributed by atoms with Gasteiger partial charge in [-0.15, -0.1) is 0 Å².